The number of para-hydroxylation sites is 1. The number of hydrogen-bond donors (Lipinski definition) is 3. The third-order valence-corrected chi connectivity index (χ3v) is 4.98. The van der Waals surface area contributed by atoms with E-state index in [1.807, 2.05) is 25.1 Å². The van der Waals surface area contributed by atoms with Crippen molar-refractivity contribution in [1.82, 2.24) is 10.6 Å². The van der Waals surface area contributed by atoms with Crippen LogP contribution in [0, 0.1) is 0 Å². The second-order valence-electron chi connectivity index (χ2n) is 6.13. The van der Waals surface area contributed by atoms with E-state index in [-0.39, 0.29) is 35.8 Å². The Morgan fingerprint density at radius 1 is 1.00 bits per heavy atom. The van der Waals surface area contributed by atoms with Gasteiger partial charge in [-0.3, -0.25) is 4.79 Å². The molecule has 144 valence electrons. The molecule has 0 fully saturated rings. The van der Waals surface area contributed by atoms with Gasteiger partial charge in [0.05, 0.1) is 10.9 Å². The summed E-state index contributed by atoms with van der Waals surface area (Å²) in [6, 6.07) is 14.7. The first kappa shape index (κ1) is 20.4. The van der Waals surface area contributed by atoms with E-state index in [2.05, 4.69) is 16.0 Å². The topological polar surface area (TPSA) is 104 Å². The predicted octanol–water partition coefficient (Wildman–Crippen LogP) is 2.48. The summed E-state index contributed by atoms with van der Waals surface area (Å²) in [6.07, 6.45) is 1.28. The molecule has 0 spiro atoms. The van der Waals surface area contributed by atoms with E-state index < -0.39 is 9.84 Å². The molecule has 0 radical (unpaired) electrons. The van der Waals surface area contributed by atoms with Gasteiger partial charge in [-0.05, 0) is 36.8 Å². The maximum Gasteiger partial charge on any atom is 0.319 e. The van der Waals surface area contributed by atoms with Crippen LogP contribution in [0.1, 0.15) is 24.9 Å². The fraction of sp³-hybridized carbons (Fsp3) is 0.263. The molecule has 8 heteroatoms. The Morgan fingerprint density at radius 3 is 2.22 bits per heavy atom. The molecule has 3 N–H and O–H groups in total. The summed E-state index contributed by atoms with van der Waals surface area (Å²) in [5.41, 5.74) is 1.47. The van der Waals surface area contributed by atoms with E-state index in [0.29, 0.717) is 5.69 Å². The van der Waals surface area contributed by atoms with Crippen molar-refractivity contribution in [2.75, 3.05) is 18.1 Å². The molecular formula is C19H23N3O4S. The van der Waals surface area contributed by atoms with Crippen molar-refractivity contribution in [1.29, 1.82) is 0 Å². The average molecular weight is 389 g/mol. The van der Waals surface area contributed by atoms with Gasteiger partial charge < -0.3 is 16.0 Å². The average Bonchev–Trinajstić information content (AvgIpc) is 2.62. The molecule has 0 unspecified atom stereocenters. The number of carbonyl (C=O) groups is 2. The van der Waals surface area contributed by atoms with E-state index >= 15 is 0 Å². The monoisotopic (exact) mass is 389 g/mol. The Balaban J connectivity index is 1.75. The third-order valence-electron chi connectivity index (χ3n) is 3.86. The van der Waals surface area contributed by atoms with E-state index in [4.69, 9.17) is 0 Å². The summed E-state index contributed by atoms with van der Waals surface area (Å²) in [7, 11) is -3.24. The van der Waals surface area contributed by atoms with Crippen LogP contribution in [0.3, 0.4) is 0 Å². The minimum Gasteiger partial charge on any atom is -0.350 e. The lowest BCUT2D eigenvalue weighted by atomic mass is 10.1. The minimum absolute atomic E-state index is 0.133. The molecule has 0 saturated heterocycles. The Labute approximate surface area is 159 Å². The second-order valence-corrected chi connectivity index (χ2v) is 8.14. The molecule has 0 bridgehead atoms. The molecule has 27 heavy (non-hydrogen) atoms. The summed E-state index contributed by atoms with van der Waals surface area (Å²) in [5, 5.41) is 8.11. The van der Waals surface area contributed by atoms with Gasteiger partial charge in [0.15, 0.2) is 9.84 Å². The van der Waals surface area contributed by atoms with Crippen LogP contribution < -0.4 is 16.0 Å². The summed E-state index contributed by atoms with van der Waals surface area (Å²) < 4.78 is 22.9. The number of amides is 3. The number of sulfone groups is 1. The number of rotatable bonds is 7. The zero-order valence-corrected chi connectivity index (χ0v) is 16.0. The number of nitrogens with one attached hydrogen (secondary N) is 3. The van der Waals surface area contributed by atoms with Gasteiger partial charge in [0, 0.05) is 24.9 Å². The van der Waals surface area contributed by atoms with Crippen molar-refractivity contribution in [2.45, 2.75) is 24.3 Å². The normalized spacial score (nSPS) is 12.1. The van der Waals surface area contributed by atoms with Crippen LogP contribution >= 0.6 is 0 Å². The minimum atomic E-state index is -3.24. The molecule has 0 aliphatic heterocycles. The number of carbonyl (C=O) groups excluding carboxylic acids is 2. The van der Waals surface area contributed by atoms with Crippen molar-refractivity contribution in [3.05, 3.63) is 60.2 Å². The van der Waals surface area contributed by atoms with Crippen molar-refractivity contribution >= 4 is 27.5 Å². The van der Waals surface area contributed by atoms with Gasteiger partial charge in [-0.2, -0.15) is 0 Å². The highest BCUT2D eigenvalue weighted by Crippen LogP contribution is 2.16. The van der Waals surface area contributed by atoms with Gasteiger partial charge in [0.25, 0.3) is 0 Å². The summed E-state index contributed by atoms with van der Waals surface area (Å²) in [5.74, 6) is -0.213. The molecule has 2 aromatic rings. The lowest BCUT2D eigenvalue weighted by Crippen LogP contribution is -2.34. The van der Waals surface area contributed by atoms with Crippen LogP contribution in [0.15, 0.2) is 59.5 Å². The molecule has 1 atom stereocenters. The van der Waals surface area contributed by atoms with Gasteiger partial charge >= 0.3 is 6.03 Å². The first-order valence-electron chi connectivity index (χ1n) is 8.45. The highest BCUT2D eigenvalue weighted by Gasteiger charge is 2.12. The fourth-order valence-corrected chi connectivity index (χ4v) is 3.02. The molecule has 3 amide bonds. The maximum absolute atomic E-state index is 12.0. The van der Waals surface area contributed by atoms with Crippen molar-refractivity contribution in [3.63, 3.8) is 0 Å². The first-order valence-corrected chi connectivity index (χ1v) is 10.3. The number of anilines is 1. The largest absolute Gasteiger partial charge is 0.350 e. The van der Waals surface area contributed by atoms with E-state index in [1.165, 1.54) is 12.1 Å². The molecule has 0 saturated carbocycles. The van der Waals surface area contributed by atoms with Crippen molar-refractivity contribution in [3.8, 4) is 0 Å². The van der Waals surface area contributed by atoms with Gasteiger partial charge in [-0.25, -0.2) is 13.2 Å². The molecule has 0 aromatic heterocycles. The van der Waals surface area contributed by atoms with Crippen LogP contribution in [0.25, 0.3) is 0 Å². The van der Waals surface area contributed by atoms with Crippen LogP contribution in [-0.4, -0.2) is 33.2 Å². The maximum atomic E-state index is 12.0. The van der Waals surface area contributed by atoms with Crippen LogP contribution in [0.2, 0.25) is 0 Å². The molecular weight excluding hydrogens is 366 g/mol. The Hall–Kier alpha value is -2.87. The summed E-state index contributed by atoms with van der Waals surface area (Å²) in [4.78, 5) is 24.0. The van der Waals surface area contributed by atoms with Crippen LogP contribution in [0.5, 0.6) is 0 Å². The summed E-state index contributed by atoms with van der Waals surface area (Å²) in [6.45, 7) is 2.01. The van der Waals surface area contributed by atoms with E-state index in [9.17, 15) is 18.0 Å². The number of urea groups is 1. The Kier molecular flexibility index (Phi) is 6.95. The van der Waals surface area contributed by atoms with Gasteiger partial charge in [0.1, 0.15) is 0 Å². The van der Waals surface area contributed by atoms with Crippen LogP contribution in [-0.2, 0) is 14.6 Å². The fourth-order valence-electron chi connectivity index (χ4n) is 2.39. The molecule has 2 rings (SSSR count). The van der Waals surface area contributed by atoms with E-state index in [0.717, 1.165) is 11.8 Å². The summed E-state index contributed by atoms with van der Waals surface area (Å²) >= 11 is 0. The lowest BCUT2D eigenvalue weighted by Gasteiger charge is -2.15. The SMILES string of the molecule is C[C@H](NC(=O)CCNC(=O)Nc1ccccc1)c1ccc(S(C)(=O)=O)cc1. The number of benzene rings is 2. The Bertz CT molecular complexity index is 881. The zero-order chi connectivity index (χ0) is 19.9. The molecule has 0 aliphatic carbocycles. The Morgan fingerprint density at radius 2 is 1.63 bits per heavy atom. The number of hydrogen-bond acceptors (Lipinski definition) is 4. The van der Waals surface area contributed by atoms with Gasteiger partial charge in [0.2, 0.25) is 5.91 Å². The first-order chi connectivity index (χ1) is 12.8. The quantitative estimate of drug-likeness (QED) is 0.677. The van der Waals surface area contributed by atoms with Gasteiger partial charge in [-0.15, -0.1) is 0 Å². The molecule has 0 aliphatic rings. The van der Waals surface area contributed by atoms with Gasteiger partial charge in [-0.1, -0.05) is 30.3 Å². The predicted molar refractivity (Wildman–Crippen MR) is 104 cm³/mol. The van der Waals surface area contributed by atoms with Crippen molar-refractivity contribution < 1.29 is 18.0 Å². The van der Waals surface area contributed by atoms with Crippen molar-refractivity contribution in [2.24, 2.45) is 0 Å². The highest BCUT2D eigenvalue weighted by molar-refractivity contribution is 7.90. The van der Waals surface area contributed by atoms with Crippen LogP contribution in [0.4, 0.5) is 10.5 Å². The molecule has 2 aromatic carbocycles. The highest BCUT2D eigenvalue weighted by atomic mass is 32.2. The molecule has 0 heterocycles. The zero-order valence-electron chi connectivity index (χ0n) is 15.2. The molecule has 7 nitrogen and oxygen atoms in total. The standard InChI is InChI=1S/C19H23N3O4S/c1-14(15-8-10-17(11-9-15)27(2,25)26)21-18(23)12-13-20-19(24)22-16-6-4-3-5-7-16/h3-11,14H,12-13H2,1-2H3,(H,21,23)(H2,20,22,24)/t14-/m0/s1. The smallest absolute Gasteiger partial charge is 0.319 e. The van der Waals surface area contributed by atoms with E-state index in [1.54, 1.807) is 24.3 Å². The lowest BCUT2D eigenvalue weighted by molar-refractivity contribution is -0.121. The third kappa shape index (κ3) is 6.74. The second kappa shape index (κ2) is 9.18.